The molecule has 0 spiro atoms. The first kappa shape index (κ1) is 26.4. The molecule has 172 valence electrons. The molecule has 5 heteroatoms. The van der Waals surface area contributed by atoms with Crippen molar-refractivity contribution in [3.05, 3.63) is 0 Å². The molecule has 4 atom stereocenters. The van der Waals surface area contributed by atoms with Crippen LogP contribution in [0.1, 0.15) is 111 Å². The van der Waals surface area contributed by atoms with Gasteiger partial charge in [-0.1, -0.05) is 72.1 Å². The summed E-state index contributed by atoms with van der Waals surface area (Å²) in [5.74, 6) is 0.219. The maximum atomic E-state index is 11.8. The van der Waals surface area contributed by atoms with E-state index in [1.54, 1.807) is 0 Å². The molecule has 0 amide bonds. The van der Waals surface area contributed by atoms with E-state index in [9.17, 15) is 15.0 Å². The Bertz CT molecular complexity index is 412. The lowest BCUT2D eigenvalue weighted by Gasteiger charge is -2.17. The first-order valence-corrected chi connectivity index (χ1v) is 12.1. The molecule has 0 aromatic rings. The molecule has 0 aliphatic carbocycles. The number of carbonyl (C=O) groups is 1. The summed E-state index contributed by atoms with van der Waals surface area (Å²) in [6.07, 6.45) is 14.2. The molecule has 0 radical (unpaired) electrons. The Kier molecular flexibility index (Phi) is 14.6. The highest BCUT2D eigenvalue weighted by Gasteiger charge is 2.38. The summed E-state index contributed by atoms with van der Waals surface area (Å²) in [7, 11) is 0. The quantitative estimate of drug-likeness (QED) is 0.173. The number of hydrogen-bond acceptors (Lipinski definition) is 5. The van der Waals surface area contributed by atoms with Gasteiger partial charge in [-0.05, 0) is 31.6 Å². The predicted octanol–water partition coefficient (Wildman–Crippen LogP) is 5.16. The summed E-state index contributed by atoms with van der Waals surface area (Å²) in [5, 5.41) is 19.3. The molecular weight excluding hydrogens is 368 g/mol. The van der Waals surface area contributed by atoms with Gasteiger partial charge in [-0.15, -0.1) is 0 Å². The Hall–Kier alpha value is -0.650. The van der Waals surface area contributed by atoms with Crippen molar-refractivity contribution < 1.29 is 24.5 Å². The van der Waals surface area contributed by atoms with Crippen LogP contribution in [0.2, 0.25) is 0 Å². The second kappa shape index (κ2) is 16.1. The molecule has 1 rings (SSSR count). The lowest BCUT2D eigenvalue weighted by Crippen LogP contribution is -2.23. The lowest BCUT2D eigenvalue weighted by atomic mass is 10.0. The highest BCUT2D eigenvalue weighted by Crippen LogP contribution is 2.32. The van der Waals surface area contributed by atoms with Gasteiger partial charge in [0.15, 0.2) is 0 Å². The lowest BCUT2D eigenvalue weighted by molar-refractivity contribution is -0.152. The van der Waals surface area contributed by atoms with Gasteiger partial charge in [0, 0.05) is 12.8 Å². The van der Waals surface area contributed by atoms with E-state index in [2.05, 4.69) is 20.8 Å². The van der Waals surface area contributed by atoms with Crippen LogP contribution < -0.4 is 0 Å². The smallest absolute Gasteiger partial charge is 0.306 e. The maximum absolute atomic E-state index is 11.8. The zero-order valence-corrected chi connectivity index (χ0v) is 19.1. The summed E-state index contributed by atoms with van der Waals surface area (Å²) in [4.78, 5) is 11.8. The van der Waals surface area contributed by atoms with E-state index in [0.29, 0.717) is 24.9 Å². The van der Waals surface area contributed by atoms with Crippen LogP contribution in [0.5, 0.6) is 0 Å². The topological polar surface area (TPSA) is 79.3 Å². The second-order valence-electron chi connectivity index (χ2n) is 9.18. The first-order chi connectivity index (χ1) is 14.0. The molecule has 1 aliphatic rings. The Labute approximate surface area is 178 Å². The monoisotopic (exact) mass is 414 g/mol. The van der Waals surface area contributed by atoms with Crippen molar-refractivity contribution in [2.45, 2.75) is 135 Å². The van der Waals surface area contributed by atoms with E-state index < -0.39 is 0 Å². The second-order valence-corrected chi connectivity index (χ2v) is 9.18. The van der Waals surface area contributed by atoms with E-state index in [1.807, 2.05) is 0 Å². The van der Waals surface area contributed by atoms with Crippen molar-refractivity contribution in [1.29, 1.82) is 0 Å². The molecule has 0 bridgehead atoms. The summed E-state index contributed by atoms with van der Waals surface area (Å²) in [6, 6.07) is 0. The van der Waals surface area contributed by atoms with Crippen LogP contribution in [0.15, 0.2) is 0 Å². The van der Waals surface area contributed by atoms with Crippen molar-refractivity contribution in [3.8, 4) is 0 Å². The van der Waals surface area contributed by atoms with E-state index in [4.69, 9.17) is 9.47 Å². The molecule has 29 heavy (non-hydrogen) atoms. The molecule has 5 nitrogen and oxygen atoms in total. The minimum absolute atomic E-state index is 0.0932. The summed E-state index contributed by atoms with van der Waals surface area (Å²) < 4.78 is 11.0. The molecule has 2 N–H and O–H groups in total. The first-order valence-electron chi connectivity index (χ1n) is 12.1. The van der Waals surface area contributed by atoms with Gasteiger partial charge >= 0.3 is 5.97 Å². The number of epoxide rings is 1. The Morgan fingerprint density at radius 2 is 1.69 bits per heavy atom. The van der Waals surface area contributed by atoms with Crippen LogP contribution in [0.3, 0.4) is 0 Å². The zero-order valence-electron chi connectivity index (χ0n) is 19.1. The fourth-order valence-corrected chi connectivity index (χ4v) is 3.91. The van der Waals surface area contributed by atoms with Crippen LogP contribution in [-0.2, 0) is 14.3 Å². The Balaban J connectivity index is 1.92. The van der Waals surface area contributed by atoms with Gasteiger partial charge in [-0.2, -0.15) is 0 Å². The Morgan fingerprint density at radius 1 is 1.00 bits per heavy atom. The number of carbonyl (C=O) groups excluding carboxylic acids is 1. The highest BCUT2D eigenvalue weighted by atomic mass is 16.6. The van der Waals surface area contributed by atoms with Gasteiger partial charge in [0.05, 0.1) is 24.9 Å². The largest absolute Gasteiger partial charge is 0.460 e. The SMILES string of the molecule is CCCCCCC(O)CC1OC1CCCCCCCC(=O)OC(CO)CC(C)C. The summed E-state index contributed by atoms with van der Waals surface area (Å²) in [5.41, 5.74) is 0. The molecule has 1 heterocycles. The number of hydrogen-bond donors (Lipinski definition) is 2. The number of aliphatic hydroxyl groups is 2. The van der Waals surface area contributed by atoms with E-state index in [1.165, 1.54) is 19.3 Å². The summed E-state index contributed by atoms with van der Waals surface area (Å²) >= 11 is 0. The van der Waals surface area contributed by atoms with Gasteiger partial charge in [0.1, 0.15) is 6.10 Å². The molecule has 1 fully saturated rings. The van der Waals surface area contributed by atoms with Crippen LogP contribution in [0.25, 0.3) is 0 Å². The normalized spacial score (nSPS) is 20.6. The van der Waals surface area contributed by atoms with Crippen molar-refractivity contribution in [3.63, 3.8) is 0 Å². The van der Waals surface area contributed by atoms with Gasteiger partial charge in [0.25, 0.3) is 0 Å². The van der Waals surface area contributed by atoms with Gasteiger partial charge in [-0.25, -0.2) is 0 Å². The average molecular weight is 415 g/mol. The molecule has 0 saturated carbocycles. The molecular formula is C24H46O5. The van der Waals surface area contributed by atoms with E-state index in [0.717, 1.165) is 57.8 Å². The predicted molar refractivity (Wildman–Crippen MR) is 117 cm³/mol. The molecule has 0 aromatic heterocycles. The van der Waals surface area contributed by atoms with Gasteiger partial charge < -0.3 is 19.7 Å². The van der Waals surface area contributed by atoms with E-state index >= 15 is 0 Å². The fraction of sp³-hybridized carbons (Fsp3) is 0.958. The van der Waals surface area contributed by atoms with Crippen molar-refractivity contribution in [1.82, 2.24) is 0 Å². The van der Waals surface area contributed by atoms with Gasteiger partial charge in [-0.3, -0.25) is 4.79 Å². The average Bonchev–Trinajstić information content (AvgIpc) is 3.41. The number of aliphatic hydroxyl groups excluding tert-OH is 2. The van der Waals surface area contributed by atoms with Crippen LogP contribution in [-0.4, -0.2) is 47.2 Å². The number of rotatable bonds is 19. The van der Waals surface area contributed by atoms with Crippen LogP contribution >= 0.6 is 0 Å². The third kappa shape index (κ3) is 14.1. The zero-order chi connectivity index (χ0) is 21.5. The van der Waals surface area contributed by atoms with Crippen LogP contribution in [0.4, 0.5) is 0 Å². The molecule has 0 aromatic carbocycles. The molecule has 1 aliphatic heterocycles. The Morgan fingerprint density at radius 3 is 2.38 bits per heavy atom. The number of unbranched alkanes of at least 4 members (excludes halogenated alkanes) is 7. The van der Waals surface area contributed by atoms with Crippen molar-refractivity contribution in [2.75, 3.05) is 6.61 Å². The van der Waals surface area contributed by atoms with E-state index in [-0.39, 0.29) is 30.9 Å². The summed E-state index contributed by atoms with van der Waals surface area (Å²) in [6.45, 7) is 6.23. The standard InChI is InChI=1S/C24H46O5/c1-4-5-6-10-13-20(26)17-23-22(29-23)14-11-8-7-9-12-15-24(27)28-21(18-25)16-19(2)3/h19-23,25-26H,4-18H2,1-3H3. The molecule has 1 saturated heterocycles. The van der Waals surface area contributed by atoms with Crippen LogP contribution in [0, 0.1) is 5.92 Å². The van der Waals surface area contributed by atoms with Crippen molar-refractivity contribution in [2.24, 2.45) is 5.92 Å². The third-order valence-corrected chi connectivity index (χ3v) is 5.69. The number of esters is 1. The minimum atomic E-state index is -0.358. The minimum Gasteiger partial charge on any atom is -0.460 e. The van der Waals surface area contributed by atoms with Gasteiger partial charge in [0.2, 0.25) is 0 Å². The fourth-order valence-electron chi connectivity index (χ4n) is 3.91. The van der Waals surface area contributed by atoms with Crippen molar-refractivity contribution >= 4 is 5.97 Å². The number of ether oxygens (including phenoxy) is 2. The maximum Gasteiger partial charge on any atom is 0.306 e. The third-order valence-electron chi connectivity index (χ3n) is 5.69. The highest BCUT2D eigenvalue weighted by molar-refractivity contribution is 5.69. The molecule has 4 unspecified atom stereocenters.